The molecule has 122 valence electrons. The molecule has 0 saturated heterocycles. The second kappa shape index (κ2) is 5.45. The summed E-state index contributed by atoms with van der Waals surface area (Å²) in [6.45, 7) is 0. The van der Waals surface area contributed by atoms with Crippen molar-refractivity contribution >= 4 is 40.0 Å². The highest BCUT2D eigenvalue weighted by molar-refractivity contribution is 6.21. The molecule has 0 saturated carbocycles. The van der Waals surface area contributed by atoms with Crippen LogP contribution in [0.25, 0.3) is 10.8 Å². The third-order valence-corrected chi connectivity index (χ3v) is 4.03. The maximum atomic E-state index is 12.4. The van der Waals surface area contributed by atoms with E-state index in [0.29, 0.717) is 33.3 Å². The molecule has 0 aliphatic carbocycles. The molecule has 0 atom stereocenters. The Hall–Kier alpha value is -3.67. The number of anilines is 2. The van der Waals surface area contributed by atoms with Crippen LogP contribution >= 0.6 is 0 Å². The number of hydrogen-bond acceptors (Lipinski definition) is 5. The van der Waals surface area contributed by atoms with E-state index in [1.54, 1.807) is 48.5 Å². The molecule has 1 aliphatic heterocycles. The summed E-state index contributed by atoms with van der Waals surface area (Å²) in [7, 11) is 0. The maximum absolute atomic E-state index is 12.4. The SMILES string of the molecule is Nc1ccc(C(=O)Nc2cc3c4c(cccc4c2)C(=O)OC3=O)cc1. The molecule has 0 spiro atoms. The third kappa shape index (κ3) is 2.49. The quantitative estimate of drug-likeness (QED) is 0.427. The lowest BCUT2D eigenvalue weighted by Crippen LogP contribution is -2.20. The maximum Gasteiger partial charge on any atom is 0.346 e. The summed E-state index contributed by atoms with van der Waals surface area (Å²) in [6.07, 6.45) is 0. The first kappa shape index (κ1) is 14.9. The number of rotatable bonds is 2. The van der Waals surface area contributed by atoms with Gasteiger partial charge in [0.05, 0.1) is 11.1 Å². The van der Waals surface area contributed by atoms with Gasteiger partial charge in [-0.15, -0.1) is 0 Å². The van der Waals surface area contributed by atoms with Crippen molar-refractivity contribution in [1.82, 2.24) is 0 Å². The van der Waals surface area contributed by atoms with Crippen molar-refractivity contribution in [2.75, 3.05) is 11.1 Å². The molecule has 4 rings (SSSR count). The predicted molar refractivity (Wildman–Crippen MR) is 92.5 cm³/mol. The average Bonchev–Trinajstić information content (AvgIpc) is 2.59. The number of carbonyl (C=O) groups excluding carboxylic acids is 3. The second-order valence-electron chi connectivity index (χ2n) is 5.68. The number of nitrogens with two attached hydrogens (primary N) is 1. The minimum atomic E-state index is -0.725. The number of cyclic esters (lactones) is 2. The average molecular weight is 332 g/mol. The van der Waals surface area contributed by atoms with Crippen LogP contribution in [0.5, 0.6) is 0 Å². The molecule has 0 radical (unpaired) electrons. The largest absolute Gasteiger partial charge is 0.399 e. The Morgan fingerprint density at radius 3 is 2.40 bits per heavy atom. The summed E-state index contributed by atoms with van der Waals surface area (Å²) < 4.78 is 4.76. The molecule has 1 heterocycles. The number of nitrogen functional groups attached to an aromatic ring is 1. The number of carbonyl (C=O) groups is 3. The van der Waals surface area contributed by atoms with Crippen molar-refractivity contribution in [3.63, 3.8) is 0 Å². The molecule has 0 fully saturated rings. The van der Waals surface area contributed by atoms with E-state index in [1.165, 1.54) is 6.07 Å². The Bertz CT molecular complexity index is 1050. The monoisotopic (exact) mass is 332 g/mol. The van der Waals surface area contributed by atoms with Crippen molar-refractivity contribution in [2.45, 2.75) is 0 Å². The summed E-state index contributed by atoms with van der Waals surface area (Å²) in [5.41, 5.74) is 7.64. The van der Waals surface area contributed by atoms with E-state index >= 15 is 0 Å². The lowest BCUT2D eigenvalue weighted by Gasteiger charge is -2.17. The lowest BCUT2D eigenvalue weighted by molar-refractivity contribution is 0.0391. The molecule has 0 unspecified atom stereocenters. The molecule has 1 amide bonds. The minimum absolute atomic E-state index is 0.250. The highest BCUT2D eigenvalue weighted by atomic mass is 16.6. The van der Waals surface area contributed by atoms with Crippen LogP contribution in [0.3, 0.4) is 0 Å². The first-order chi connectivity index (χ1) is 12.0. The van der Waals surface area contributed by atoms with E-state index in [9.17, 15) is 14.4 Å². The highest BCUT2D eigenvalue weighted by Gasteiger charge is 2.27. The van der Waals surface area contributed by atoms with Gasteiger partial charge in [-0.3, -0.25) is 4.79 Å². The normalized spacial score (nSPS) is 12.8. The van der Waals surface area contributed by atoms with E-state index in [2.05, 4.69) is 5.32 Å². The van der Waals surface area contributed by atoms with Crippen LogP contribution in [-0.4, -0.2) is 17.8 Å². The molecule has 0 bridgehead atoms. The minimum Gasteiger partial charge on any atom is -0.399 e. The molecule has 0 aromatic heterocycles. The smallest absolute Gasteiger partial charge is 0.346 e. The van der Waals surface area contributed by atoms with Crippen molar-refractivity contribution < 1.29 is 19.1 Å². The standard InChI is InChI=1S/C19H12N2O4/c20-12-6-4-10(5-7-12)17(22)21-13-8-11-2-1-3-14-16(11)15(9-13)19(24)25-18(14)23/h1-9H,20H2,(H,21,22). The van der Waals surface area contributed by atoms with Gasteiger partial charge in [0, 0.05) is 22.3 Å². The van der Waals surface area contributed by atoms with Crippen LogP contribution in [0.15, 0.2) is 54.6 Å². The van der Waals surface area contributed by atoms with Gasteiger partial charge in [-0.05, 0) is 47.9 Å². The van der Waals surface area contributed by atoms with Gasteiger partial charge < -0.3 is 15.8 Å². The Labute approximate surface area is 142 Å². The molecule has 25 heavy (non-hydrogen) atoms. The Morgan fingerprint density at radius 2 is 1.64 bits per heavy atom. The number of ether oxygens (including phenoxy) is 1. The number of hydrogen-bond donors (Lipinski definition) is 2. The molecule has 3 aromatic rings. The van der Waals surface area contributed by atoms with Gasteiger partial charge in [-0.25, -0.2) is 9.59 Å². The zero-order valence-electron chi connectivity index (χ0n) is 12.9. The van der Waals surface area contributed by atoms with Crippen LogP contribution < -0.4 is 11.1 Å². The fourth-order valence-corrected chi connectivity index (χ4v) is 2.86. The van der Waals surface area contributed by atoms with Gasteiger partial charge in [0.1, 0.15) is 0 Å². The summed E-state index contributed by atoms with van der Waals surface area (Å²) in [5, 5.41) is 3.96. The van der Waals surface area contributed by atoms with Crippen LogP contribution in [0.1, 0.15) is 31.1 Å². The fraction of sp³-hybridized carbons (Fsp3) is 0. The molecule has 1 aliphatic rings. The number of benzene rings is 3. The van der Waals surface area contributed by atoms with Crippen LogP contribution in [0.2, 0.25) is 0 Å². The summed E-state index contributed by atoms with van der Waals surface area (Å²) in [5.74, 6) is -1.72. The zero-order chi connectivity index (χ0) is 17.6. The summed E-state index contributed by atoms with van der Waals surface area (Å²) >= 11 is 0. The summed E-state index contributed by atoms with van der Waals surface area (Å²) in [4.78, 5) is 36.2. The number of amides is 1. The Kier molecular flexibility index (Phi) is 3.25. The molecule has 3 aromatic carbocycles. The molecule has 3 N–H and O–H groups in total. The topological polar surface area (TPSA) is 98.5 Å². The Balaban J connectivity index is 1.77. The molecule has 6 nitrogen and oxygen atoms in total. The number of nitrogens with one attached hydrogen (secondary N) is 1. The van der Waals surface area contributed by atoms with Gasteiger partial charge in [-0.2, -0.15) is 0 Å². The van der Waals surface area contributed by atoms with E-state index < -0.39 is 11.9 Å². The van der Waals surface area contributed by atoms with Gasteiger partial charge in [0.15, 0.2) is 0 Å². The van der Waals surface area contributed by atoms with E-state index in [0.717, 1.165) is 0 Å². The lowest BCUT2D eigenvalue weighted by atomic mass is 9.96. The van der Waals surface area contributed by atoms with Crippen LogP contribution in [0.4, 0.5) is 11.4 Å². The molecular weight excluding hydrogens is 320 g/mol. The van der Waals surface area contributed by atoms with Gasteiger partial charge in [0.2, 0.25) is 0 Å². The van der Waals surface area contributed by atoms with Crippen LogP contribution in [0, 0.1) is 0 Å². The van der Waals surface area contributed by atoms with Crippen molar-refractivity contribution in [1.29, 1.82) is 0 Å². The molecular formula is C19H12N2O4. The van der Waals surface area contributed by atoms with Crippen molar-refractivity contribution in [2.24, 2.45) is 0 Å². The molecule has 6 heteroatoms. The summed E-state index contributed by atoms with van der Waals surface area (Å²) in [6, 6.07) is 14.8. The fourth-order valence-electron chi connectivity index (χ4n) is 2.86. The van der Waals surface area contributed by atoms with Crippen molar-refractivity contribution in [3.8, 4) is 0 Å². The van der Waals surface area contributed by atoms with Gasteiger partial charge >= 0.3 is 11.9 Å². The Morgan fingerprint density at radius 1 is 0.920 bits per heavy atom. The van der Waals surface area contributed by atoms with E-state index in [4.69, 9.17) is 10.5 Å². The predicted octanol–water partition coefficient (Wildman–Crippen LogP) is 2.98. The third-order valence-electron chi connectivity index (χ3n) is 4.03. The van der Waals surface area contributed by atoms with Gasteiger partial charge in [-0.1, -0.05) is 12.1 Å². The van der Waals surface area contributed by atoms with E-state index in [1.807, 2.05) is 0 Å². The van der Waals surface area contributed by atoms with E-state index in [-0.39, 0.29) is 11.5 Å². The number of esters is 2. The van der Waals surface area contributed by atoms with Crippen LogP contribution in [-0.2, 0) is 4.74 Å². The van der Waals surface area contributed by atoms with Gasteiger partial charge in [0.25, 0.3) is 5.91 Å². The highest BCUT2D eigenvalue weighted by Crippen LogP contribution is 2.31. The second-order valence-corrected chi connectivity index (χ2v) is 5.68. The first-order valence-electron chi connectivity index (χ1n) is 7.53. The zero-order valence-corrected chi connectivity index (χ0v) is 12.9. The first-order valence-corrected chi connectivity index (χ1v) is 7.53. The van der Waals surface area contributed by atoms with Crippen molar-refractivity contribution in [3.05, 3.63) is 71.3 Å².